The molecule has 1 aliphatic rings. The zero-order valence-electron chi connectivity index (χ0n) is 18.2. The van der Waals surface area contributed by atoms with Crippen molar-refractivity contribution in [3.63, 3.8) is 0 Å². The summed E-state index contributed by atoms with van der Waals surface area (Å²) in [5.41, 5.74) is 2.38. The lowest BCUT2D eigenvalue weighted by atomic mass is 10.2. The summed E-state index contributed by atoms with van der Waals surface area (Å²) in [5.74, 6) is 0.513. The first kappa shape index (κ1) is 23.3. The molecule has 0 unspecified atom stereocenters. The summed E-state index contributed by atoms with van der Waals surface area (Å²) in [5, 5.41) is 12.5. The number of nitrogens with one attached hydrogen (secondary N) is 1. The van der Waals surface area contributed by atoms with E-state index in [2.05, 4.69) is 15.5 Å². The Morgan fingerprint density at radius 2 is 1.88 bits per heavy atom. The fraction of sp³-hybridized carbons (Fsp3) is 0.304. The lowest BCUT2D eigenvalue weighted by Gasteiger charge is -2.26. The van der Waals surface area contributed by atoms with Gasteiger partial charge in [0.25, 0.3) is 0 Å². The number of aromatic nitrogens is 3. The molecule has 0 radical (unpaired) electrons. The molecule has 0 bridgehead atoms. The number of benzene rings is 2. The first-order chi connectivity index (χ1) is 16.0. The highest BCUT2D eigenvalue weighted by atomic mass is 35.5. The van der Waals surface area contributed by atoms with Gasteiger partial charge in [-0.05, 0) is 36.8 Å². The number of aryl methyl sites for hydroxylation is 1. The number of thioether (sulfide) groups is 1. The predicted octanol–water partition coefficient (Wildman–Crippen LogP) is 3.36. The van der Waals surface area contributed by atoms with Crippen LogP contribution >= 0.6 is 23.4 Å². The Morgan fingerprint density at radius 3 is 2.61 bits per heavy atom. The third-order valence-electron chi connectivity index (χ3n) is 5.18. The van der Waals surface area contributed by atoms with Crippen molar-refractivity contribution in [2.75, 3.05) is 37.4 Å². The highest BCUT2D eigenvalue weighted by Crippen LogP contribution is 2.24. The quantitative estimate of drug-likeness (QED) is 0.516. The monoisotopic (exact) mass is 485 g/mol. The number of ether oxygens (including phenoxy) is 1. The van der Waals surface area contributed by atoms with Gasteiger partial charge in [0, 0.05) is 29.5 Å². The van der Waals surface area contributed by atoms with Gasteiger partial charge in [0.2, 0.25) is 11.8 Å². The lowest BCUT2D eigenvalue weighted by molar-refractivity contribution is -0.132. The molecule has 0 aliphatic carbocycles. The van der Waals surface area contributed by atoms with Gasteiger partial charge in [-0.25, -0.2) is 0 Å². The Bertz CT molecular complexity index is 1130. The number of halogens is 1. The molecule has 1 N–H and O–H groups in total. The van der Waals surface area contributed by atoms with E-state index in [-0.39, 0.29) is 24.0 Å². The van der Waals surface area contributed by atoms with Crippen LogP contribution in [0.3, 0.4) is 0 Å². The van der Waals surface area contributed by atoms with E-state index < -0.39 is 0 Å². The minimum Gasteiger partial charge on any atom is -0.378 e. The van der Waals surface area contributed by atoms with Crippen LogP contribution in [0.5, 0.6) is 0 Å². The first-order valence-corrected chi connectivity index (χ1v) is 11.9. The van der Waals surface area contributed by atoms with Crippen molar-refractivity contribution in [3.05, 3.63) is 64.9 Å². The van der Waals surface area contributed by atoms with Crippen LogP contribution in [0.1, 0.15) is 11.4 Å². The van der Waals surface area contributed by atoms with E-state index in [9.17, 15) is 9.59 Å². The van der Waals surface area contributed by atoms with Crippen LogP contribution in [0.2, 0.25) is 5.02 Å². The predicted molar refractivity (Wildman–Crippen MR) is 128 cm³/mol. The van der Waals surface area contributed by atoms with Gasteiger partial charge < -0.3 is 15.0 Å². The second-order valence-electron chi connectivity index (χ2n) is 7.54. The number of hydrogen-bond donors (Lipinski definition) is 1. The summed E-state index contributed by atoms with van der Waals surface area (Å²) < 4.78 is 7.13. The second-order valence-corrected chi connectivity index (χ2v) is 8.89. The summed E-state index contributed by atoms with van der Waals surface area (Å²) in [6.07, 6.45) is 0.0192. The smallest absolute Gasteiger partial charge is 0.233 e. The Labute approximate surface area is 201 Å². The van der Waals surface area contributed by atoms with Crippen molar-refractivity contribution >= 4 is 40.9 Å². The molecule has 0 spiro atoms. The van der Waals surface area contributed by atoms with Gasteiger partial charge in [0.1, 0.15) is 5.82 Å². The molecule has 33 heavy (non-hydrogen) atoms. The van der Waals surface area contributed by atoms with Crippen molar-refractivity contribution in [1.82, 2.24) is 19.7 Å². The molecule has 8 nitrogen and oxygen atoms in total. The van der Waals surface area contributed by atoms with Gasteiger partial charge in [-0.1, -0.05) is 47.6 Å². The largest absolute Gasteiger partial charge is 0.378 e. The highest BCUT2D eigenvalue weighted by molar-refractivity contribution is 7.99. The molecule has 0 atom stereocenters. The average molecular weight is 486 g/mol. The van der Waals surface area contributed by atoms with Crippen LogP contribution in [0.15, 0.2) is 53.7 Å². The average Bonchev–Trinajstić information content (AvgIpc) is 3.23. The molecule has 2 aromatic carbocycles. The van der Waals surface area contributed by atoms with Crippen molar-refractivity contribution in [2.45, 2.75) is 18.5 Å². The number of anilines is 1. The molecule has 4 rings (SSSR count). The van der Waals surface area contributed by atoms with Crippen molar-refractivity contribution in [3.8, 4) is 5.69 Å². The van der Waals surface area contributed by atoms with Gasteiger partial charge in [0.05, 0.1) is 25.4 Å². The molecule has 1 fully saturated rings. The molecule has 1 aliphatic heterocycles. The topological polar surface area (TPSA) is 89.3 Å². The summed E-state index contributed by atoms with van der Waals surface area (Å²) in [4.78, 5) is 27.1. The van der Waals surface area contributed by atoms with E-state index in [1.807, 2.05) is 47.9 Å². The molecule has 0 saturated carbocycles. The number of rotatable bonds is 7. The fourth-order valence-corrected chi connectivity index (χ4v) is 4.45. The molecule has 10 heteroatoms. The van der Waals surface area contributed by atoms with E-state index in [0.717, 1.165) is 11.3 Å². The molecule has 2 heterocycles. The zero-order valence-corrected chi connectivity index (χ0v) is 19.7. The van der Waals surface area contributed by atoms with Gasteiger partial charge >= 0.3 is 0 Å². The fourth-order valence-electron chi connectivity index (χ4n) is 3.39. The molecular weight excluding hydrogens is 462 g/mol. The standard InChI is InChI=1S/C23H24ClN5O3S/c1-16-7-8-17(13-19(16)24)25-21(30)14-20-26-27-23(29(20)18-5-3-2-4-6-18)33-15-22(31)28-9-11-32-12-10-28/h2-8,13H,9-12,14-15H2,1H3,(H,25,30). The number of hydrogen-bond acceptors (Lipinski definition) is 6. The van der Waals surface area contributed by atoms with Gasteiger partial charge in [0.15, 0.2) is 5.16 Å². The van der Waals surface area contributed by atoms with Crippen LogP contribution in [0.25, 0.3) is 5.69 Å². The molecule has 1 aromatic heterocycles. The summed E-state index contributed by atoms with van der Waals surface area (Å²) in [7, 11) is 0. The van der Waals surface area contributed by atoms with Crippen molar-refractivity contribution in [1.29, 1.82) is 0 Å². The number of amides is 2. The first-order valence-electron chi connectivity index (χ1n) is 10.6. The van der Waals surface area contributed by atoms with E-state index in [1.165, 1.54) is 11.8 Å². The third-order valence-corrected chi connectivity index (χ3v) is 6.50. The Hall–Kier alpha value is -2.88. The molecule has 3 aromatic rings. The Kier molecular flexibility index (Phi) is 7.64. The number of carbonyl (C=O) groups excluding carboxylic acids is 2. The van der Waals surface area contributed by atoms with Crippen LogP contribution in [-0.2, 0) is 20.7 Å². The molecule has 2 amide bonds. The van der Waals surface area contributed by atoms with Crippen molar-refractivity contribution < 1.29 is 14.3 Å². The van der Waals surface area contributed by atoms with E-state index in [0.29, 0.717) is 48.0 Å². The van der Waals surface area contributed by atoms with Gasteiger partial charge in [-0.15, -0.1) is 10.2 Å². The van der Waals surface area contributed by atoms with E-state index in [4.69, 9.17) is 16.3 Å². The zero-order chi connectivity index (χ0) is 23.2. The second kappa shape index (κ2) is 10.8. The minimum absolute atomic E-state index is 0.0192. The lowest BCUT2D eigenvalue weighted by Crippen LogP contribution is -2.41. The number of morpholine rings is 1. The minimum atomic E-state index is -0.236. The van der Waals surface area contributed by atoms with Gasteiger partial charge in [-0.2, -0.15) is 0 Å². The van der Waals surface area contributed by atoms with Crippen LogP contribution in [-0.4, -0.2) is 63.5 Å². The van der Waals surface area contributed by atoms with Crippen LogP contribution < -0.4 is 5.32 Å². The normalized spacial score (nSPS) is 13.7. The highest BCUT2D eigenvalue weighted by Gasteiger charge is 2.21. The molecule has 172 valence electrons. The maximum atomic E-state index is 12.7. The van der Waals surface area contributed by atoms with Crippen LogP contribution in [0, 0.1) is 6.92 Å². The maximum absolute atomic E-state index is 12.7. The number of carbonyl (C=O) groups is 2. The summed E-state index contributed by atoms with van der Waals surface area (Å²) in [6.45, 7) is 4.21. The molecule has 1 saturated heterocycles. The van der Waals surface area contributed by atoms with Crippen LogP contribution in [0.4, 0.5) is 5.69 Å². The SMILES string of the molecule is Cc1ccc(NC(=O)Cc2nnc(SCC(=O)N3CCOCC3)n2-c2ccccc2)cc1Cl. The van der Waals surface area contributed by atoms with Gasteiger partial charge in [-0.3, -0.25) is 14.2 Å². The van der Waals surface area contributed by atoms with Crippen molar-refractivity contribution in [2.24, 2.45) is 0 Å². The summed E-state index contributed by atoms with van der Waals surface area (Å²) >= 11 is 7.47. The Balaban J connectivity index is 1.50. The van der Waals surface area contributed by atoms with E-state index in [1.54, 1.807) is 17.0 Å². The number of para-hydroxylation sites is 1. The third kappa shape index (κ3) is 5.93. The maximum Gasteiger partial charge on any atom is 0.233 e. The number of nitrogens with zero attached hydrogens (tertiary/aromatic N) is 4. The molecular formula is C23H24ClN5O3S. The Morgan fingerprint density at radius 1 is 1.12 bits per heavy atom. The summed E-state index contributed by atoms with van der Waals surface area (Å²) in [6, 6.07) is 14.9. The van der Waals surface area contributed by atoms with E-state index >= 15 is 0 Å².